The molecule has 2 aromatic heterocycles. The van der Waals surface area contributed by atoms with E-state index in [2.05, 4.69) is 25.7 Å². The Hall–Kier alpha value is -3.48. The molecule has 0 bridgehead atoms. The van der Waals surface area contributed by atoms with Crippen molar-refractivity contribution in [2.75, 3.05) is 12.4 Å². The molecule has 1 N–H and O–H groups in total. The van der Waals surface area contributed by atoms with Crippen molar-refractivity contribution >= 4 is 32.4 Å². The average molecular weight is 471 g/mol. The first-order chi connectivity index (χ1) is 15.3. The zero-order valence-electron chi connectivity index (χ0n) is 17.1. The minimum Gasteiger partial charge on any atom is -0.338 e. The molecule has 4 aromatic rings. The average Bonchev–Trinajstić information content (AvgIpc) is 3.44. The zero-order chi connectivity index (χ0) is 22.7. The van der Waals surface area contributed by atoms with Crippen LogP contribution in [0.15, 0.2) is 63.5 Å². The van der Waals surface area contributed by atoms with Crippen LogP contribution in [0.3, 0.4) is 0 Å². The number of rotatable bonds is 7. The Balaban J connectivity index is 1.45. The Kier molecular flexibility index (Phi) is 6.08. The van der Waals surface area contributed by atoms with Gasteiger partial charge in [-0.2, -0.15) is 9.29 Å². The zero-order valence-corrected chi connectivity index (χ0v) is 18.7. The van der Waals surface area contributed by atoms with Crippen molar-refractivity contribution in [1.29, 1.82) is 0 Å². The van der Waals surface area contributed by atoms with Gasteiger partial charge < -0.3 is 4.52 Å². The lowest BCUT2D eigenvalue weighted by atomic mass is 10.1. The molecule has 0 aliphatic rings. The predicted octanol–water partition coefficient (Wildman–Crippen LogP) is 2.97. The summed E-state index contributed by atoms with van der Waals surface area (Å²) in [4.78, 5) is 16.5. The van der Waals surface area contributed by atoms with E-state index in [1.807, 2.05) is 31.2 Å². The lowest BCUT2D eigenvalue weighted by Gasteiger charge is -2.11. The van der Waals surface area contributed by atoms with Gasteiger partial charge in [0.1, 0.15) is 0 Å². The van der Waals surface area contributed by atoms with Crippen molar-refractivity contribution in [2.24, 2.45) is 0 Å². The molecule has 0 atom stereocenters. The lowest BCUT2D eigenvalue weighted by Crippen LogP contribution is -2.26. The SMILES string of the molecule is Cc1cccc(-c2noc(CN(C)S(=O)(=O)c3nnc(NC(=O)c4ccccc4)s3)n2)c1. The van der Waals surface area contributed by atoms with Crippen LogP contribution in [-0.2, 0) is 16.6 Å². The molecule has 0 saturated carbocycles. The number of nitrogens with one attached hydrogen (secondary N) is 1. The molecule has 0 spiro atoms. The van der Waals surface area contributed by atoms with E-state index in [1.54, 1.807) is 30.3 Å². The summed E-state index contributed by atoms with van der Waals surface area (Å²) in [7, 11) is -2.61. The van der Waals surface area contributed by atoms with Crippen molar-refractivity contribution in [3.8, 4) is 11.4 Å². The molecule has 10 nitrogen and oxygen atoms in total. The van der Waals surface area contributed by atoms with Crippen molar-refractivity contribution in [3.63, 3.8) is 0 Å². The van der Waals surface area contributed by atoms with Crippen LogP contribution in [0.4, 0.5) is 5.13 Å². The molecule has 0 fully saturated rings. The third-order valence-corrected chi connectivity index (χ3v) is 7.38. The summed E-state index contributed by atoms with van der Waals surface area (Å²) in [5.41, 5.74) is 2.23. The van der Waals surface area contributed by atoms with Crippen LogP contribution in [-0.4, -0.2) is 46.0 Å². The van der Waals surface area contributed by atoms with E-state index in [4.69, 9.17) is 4.52 Å². The first kappa shape index (κ1) is 21.7. The summed E-state index contributed by atoms with van der Waals surface area (Å²) >= 11 is 0.755. The first-order valence-electron chi connectivity index (χ1n) is 9.39. The molecule has 4 rings (SSSR count). The van der Waals surface area contributed by atoms with Gasteiger partial charge in [-0.3, -0.25) is 10.1 Å². The number of aromatic nitrogens is 4. The maximum atomic E-state index is 12.9. The minimum absolute atomic E-state index is 0.0744. The molecule has 0 aliphatic heterocycles. The van der Waals surface area contributed by atoms with Gasteiger partial charge in [0, 0.05) is 18.2 Å². The largest absolute Gasteiger partial charge is 0.338 e. The number of carbonyl (C=O) groups excluding carboxylic acids is 1. The van der Waals surface area contributed by atoms with Crippen molar-refractivity contribution in [3.05, 3.63) is 71.6 Å². The molecule has 0 aliphatic carbocycles. The number of hydrogen-bond donors (Lipinski definition) is 1. The highest BCUT2D eigenvalue weighted by atomic mass is 32.2. The molecule has 32 heavy (non-hydrogen) atoms. The molecular weight excluding hydrogens is 452 g/mol. The van der Waals surface area contributed by atoms with Crippen LogP contribution < -0.4 is 5.32 Å². The number of benzene rings is 2. The van der Waals surface area contributed by atoms with Gasteiger partial charge in [0.15, 0.2) is 0 Å². The smallest absolute Gasteiger partial charge is 0.272 e. The molecule has 12 heteroatoms. The lowest BCUT2D eigenvalue weighted by molar-refractivity contribution is 0.102. The third-order valence-electron chi connectivity index (χ3n) is 4.40. The van der Waals surface area contributed by atoms with Gasteiger partial charge in [-0.25, -0.2) is 8.42 Å². The van der Waals surface area contributed by atoms with E-state index in [9.17, 15) is 13.2 Å². The van der Waals surface area contributed by atoms with Gasteiger partial charge in [0.25, 0.3) is 15.9 Å². The van der Waals surface area contributed by atoms with Gasteiger partial charge in [0.05, 0.1) is 6.54 Å². The molecule has 2 heterocycles. The van der Waals surface area contributed by atoms with Crippen LogP contribution >= 0.6 is 11.3 Å². The molecule has 0 unspecified atom stereocenters. The van der Waals surface area contributed by atoms with Crippen LogP contribution in [0.5, 0.6) is 0 Å². The molecule has 1 amide bonds. The predicted molar refractivity (Wildman–Crippen MR) is 117 cm³/mol. The van der Waals surface area contributed by atoms with E-state index in [1.165, 1.54) is 7.05 Å². The summed E-state index contributed by atoms with van der Waals surface area (Å²) in [6.07, 6.45) is 0. The number of anilines is 1. The summed E-state index contributed by atoms with van der Waals surface area (Å²) in [6.45, 7) is 1.80. The highest BCUT2D eigenvalue weighted by molar-refractivity contribution is 7.91. The second kappa shape index (κ2) is 8.94. The summed E-state index contributed by atoms with van der Waals surface area (Å²) in [5.74, 6) is 0.0969. The number of aryl methyl sites for hydroxylation is 1. The fraction of sp³-hybridized carbons (Fsp3) is 0.150. The van der Waals surface area contributed by atoms with Gasteiger partial charge in [-0.1, -0.05) is 58.5 Å². The standard InChI is InChI=1S/C20H18N6O4S2/c1-13-7-6-10-15(11-13)17-21-16(30-25-17)12-26(2)32(28,29)20-24-23-19(31-20)22-18(27)14-8-4-3-5-9-14/h3-11H,12H2,1-2H3,(H,22,23,27). The Bertz CT molecular complexity index is 1350. The normalized spacial score (nSPS) is 11.6. The highest BCUT2D eigenvalue weighted by Crippen LogP contribution is 2.24. The maximum absolute atomic E-state index is 12.9. The van der Waals surface area contributed by atoms with Crippen LogP contribution in [0.1, 0.15) is 21.8 Å². The van der Waals surface area contributed by atoms with Crippen LogP contribution in [0.25, 0.3) is 11.4 Å². The summed E-state index contributed by atoms with van der Waals surface area (Å²) in [5, 5.41) is 14.0. The monoisotopic (exact) mass is 470 g/mol. The van der Waals surface area contributed by atoms with Gasteiger partial charge in [0.2, 0.25) is 21.2 Å². The van der Waals surface area contributed by atoms with Crippen LogP contribution in [0.2, 0.25) is 0 Å². The quantitative estimate of drug-likeness (QED) is 0.408. The number of nitrogens with zero attached hydrogens (tertiary/aromatic N) is 5. The Morgan fingerprint density at radius 1 is 1.12 bits per heavy atom. The fourth-order valence-corrected chi connectivity index (χ4v) is 4.96. The van der Waals surface area contributed by atoms with Gasteiger partial charge in [-0.05, 0) is 25.1 Å². The van der Waals surface area contributed by atoms with Crippen LogP contribution in [0, 0.1) is 6.92 Å². The van der Waals surface area contributed by atoms with E-state index in [-0.39, 0.29) is 21.9 Å². The second-order valence-electron chi connectivity index (χ2n) is 6.84. The van der Waals surface area contributed by atoms with Crippen molar-refractivity contribution in [1.82, 2.24) is 24.6 Å². The topological polar surface area (TPSA) is 131 Å². The molecular formula is C20H18N6O4S2. The highest BCUT2D eigenvalue weighted by Gasteiger charge is 2.28. The number of amides is 1. The van der Waals surface area contributed by atoms with Crippen molar-refractivity contribution in [2.45, 2.75) is 17.8 Å². The fourth-order valence-electron chi connectivity index (χ4n) is 2.75. The molecule has 2 aromatic carbocycles. The van der Waals surface area contributed by atoms with Gasteiger partial charge in [-0.15, -0.1) is 10.2 Å². The Morgan fingerprint density at radius 3 is 2.66 bits per heavy atom. The van der Waals surface area contributed by atoms with E-state index < -0.39 is 15.9 Å². The number of carbonyl (C=O) groups is 1. The number of hydrogen-bond acceptors (Lipinski definition) is 9. The number of sulfonamides is 1. The van der Waals surface area contributed by atoms with Gasteiger partial charge >= 0.3 is 0 Å². The van der Waals surface area contributed by atoms with E-state index in [0.717, 1.165) is 26.8 Å². The summed E-state index contributed by atoms with van der Waals surface area (Å²) < 4.78 is 31.7. The first-order valence-corrected chi connectivity index (χ1v) is 11.6. The summed E-state index contributed by atoms with van der Waals surface area (Å²) in [6, 6.07) is 16.1. The third kappa shape index (κ3) is 4.72. The minimum atomic E-state index is -3.98. The van der Waals surface area contributed by atoms with E-state index >= 15 is 0 Å². The Morgan fingerprint density at radius 2 is 1.91 bits per heavy atom. The second-order valence-corrected chi connectivity index (χ2v) is 10.0. The Labute approximate surface area is 188 Å². The molecule has 164 valence electrons. The van der Waals surface area contributed by atoms with Crippen molar-refractivity contribution < 1.29 is 17.7 Å². The molecule has 0 radical (unpaired) electrons. The maximum Gasteiger partial charge on any atom is 0.272 e. The molecule has 0 saturated heterocycles. The van der Waals surface area contributed by atoms with E-state index in [0.29, 0.717) is 11.4 Å².